The molecule has 0 aliphatic rings. The van der Waals surface area contributed by atoms with Crippen molar-refractivity contribution >= 4 is 5.91 Å². The van der Waals surface area contributed by atoms with Crippen molar-refractivity contribution in [3.05, 3.63) is 35.9 Å². The van der Waals surface area contributed by atoms with Gasteiger partial charge in [0.15, 0.2) is 0 Å². The summed E-state index contributed by atoms with van der Waals surface area (Å²) in [5.41, 5.74) is 1.06. The number of hydrogen-bond donors (Lipinski definition) is 0. The van der Waals surface area contributed by atoms with Gasteiger partial charge in [-0.15, -0.1) is 0 Å². The van der Waals surface area contributed by atoms with E-state index in [2.05, 4.69) is 32.9 Å². The zero-order valence-corrected chi connectivity index (χ0v) is 10.7. The normalized spacial score (nSPS) is 11.2. The first-order valence-electron chi connectivity index (χ1n) is 5.79. The maximum atomic E-state index is 11.9. The van der Waals surface area contributed by atoms with Crippen LogP contribution in [0.4, 0.5) is 0 Å². The summed E-state index contributed by atoms with van der Waals surface area (Å²) in [5.74, 6) is 0.205. The Labute approximate surface area is 98.3 Å². The molecule has 1 aromatic rings. The second kappa shape index (κ2) is 5.15. The van der Waals surface area contributed by atoms with E-state index in [4.69, 9.17) is 0 Å². The molecule has 0 saturated heterocycles. The molecule has 0 unspecified atom stereocenters. The van der Waals surface area contributed by atoms with Crippen LogP contribution in [0.15, 0.2) is 30.3 Å². The van der Waals surface area contributed by atoms with Gasteiger partial charge in [0, 0.05) is 18.5 Å². The first-order valence-corrected chi connectivity index (χ1v) is 5.79. The molecule has 0 radical (unpaired) electrons. The number of nitrogens with zero attached hydrogens (tertiary/aromatic N) is 1. The summed E-state index contributed by atoms with van der Waals surface area (Å²) in [4.78, 5) is 13.8. The summed E-state index contributed by atoms with van der Waals surface area (Å²) >= 11 is 0. The zero-order valence-electron chi connectivity index (χ0n) is 10.7. The minimum Gasteiger partial charge on any atom is -0.334 e. The summed E-state index contributed by atoms with van der Waals surface area (Å²) in [7, 11) is 0. The molecule has 1 aromatic carbocycles. The Kier molecular flexibility index (Phi) is 4.11. The van der Waals surface area contributed by atoms with Crippen LogP contribution in [0.3, 0.4) is 0 Å². The minimum atomic E-state index is -0.122. The fraction of sp³-hybridized carbons (Fsp3) is 0.500. The molecule has 0 heterocycles. The lowest BCUT2D eigenvalue weighted by atomic mass is 10.0. The Balaban J connectivity index is 2.84. The summed E-state index contributed by atoms with van der Waals surface area (Å²) in [5, 5.41) is 0. The highest BCUT2D eigenvalue weighted by Gasteiger charge is 2.24. The Hall–Kier alpha value is -1.31. The van der Waals surface area contributed by atoms with E-state index < -0.39 is 0 Å². The van der Waals surface area contributed by atoms with Crippen molar-refractivity contribution in [3.63, 3.8) is 0 Å². The zero-order chi connectivity index (χ0) is 12.2. The highest BCUT2D eigenvalue weighted by atomic mass is 16.2. The van der Waals surface area contributed by atoms with Gasteiger partial charge in [-0.3, -0.25) is 4.79 Å². The quantitative estimate of drug-likeness (QED) is 0.764. The Morgan fingerprint density at radius 3 is 2.19 bits per heavy atom. The van der Waals surface area contributed by atoms with Crippen molar-refractivity contribution in [2.24, 2.45) is 0 Å². The third-order valence-electron chi connectivity index (χ3n) is 2.60. The molecule has 0 aliphatic carbocycles. The molecule has 0 aromatic heterocycles. The number of carbonyl (C=O) groups excluding carboxylic acids is 1. The molecule has 1 amide bonds. The SMILES string of the molecule is CCC(=O)N(Cc1ccccc1)C(C)(C)C. The molecule has 0 fully saturated rings. The highest BCUT2D eigenvalue weighted by molar-refractivity contribution is 5.76. The van der Waals surface area contributed by atoms with Crippen LogP contribution in [-0.4, -0.2) is 16.3 Å². The molecule has 0 aliphatic heterocycles. The Morgan fingerprint density at radius 1 is 1.19 bits per heavy atom. The van der Waals surface area contributed by atoms with E-state index in [0.29, 0.717) is 13.0 Å². The topological polar surface area (TPSA) is 20.3 Å². The molecular formula is C14H21NO. The van der Waals surface area contributed by atoms with Crippen molar-refractivity contribution in [1.82, 2.24) is 4.90 Å². The maximum Gasteiger partial charge on any atom is 0.223 e. The van der Waals surface area contributed by atoms with Crippen molar-refractivity contribution in [1.29, 1.82) is 0 Å². The third-order valence-corrected chi connectivity index (χ3v) is 2.60. The maximum absolute atomic E-state index is 11.9. The third kappa shape index (κ3) is 3.37. The van der Waals surface area contributed by atoms with Crippen LogP contribution in [-0.2, 0) is 11.3 Å². The van der Waals surface area contributed by atoms with Gasteiger partial charge < -0.3 is 4.90 Å². The van der Waals surface area contributed by atoms with Gasteiger partial charge in [0.25, 0.3) is 0 Å². The van der Waals surface area contributed by atoms with Crippen LogP contribution in [0.25, 0.3) is 0 Å². The lowest BCUT2D eigenvalue weighted by molar-refractivity contribution is -0.136. The predicted molar refractivity (Wildman–Crippen MR) is 67.0 cm³/mol. The van der Waals surface area contributed by atoms with Gasteiger partial charge in [0.1, 0.15) is 0 Å². The first kappa shape index (κ1) is 12.8. The van der Waals surface area contributed by atoms with Crippen LogP contribution >= 0.6 is 0 Å². The van der Waals surface area contributed by atoms with E-state index in [1.165, 1.54) is 5.56 Å². The minimum absolute atomic E-state index is 0.122. The van der Waals surface area contributed by atoms with Crippen molar-refractivity contribution in [3.8, 4) is 0 Å². The number of benzene rings is 1. The van der Waals surface area contributed by atoms with E-state index >= 15 is 0 Å². The van der Waals surface area contributed by atoms with Crippen LogP contribution in [0, 0.1) is 0 Å². The van der Waals surface area contributed by atoms with Crippen LogP contribution in [0.1, 0.15) is 39.7 Å². The second-order valence-electron chi connectivity index (χ2n) is 4.99. The largest absolute Gasteiger partial charge is 0.334 e. The van der Waals surface area contributed by atoms with Crippen LogP contribution in [0.5, 0.6) is 0 Å². The standard InChI is InChI=1S/C14H21NO/c1-5-13(16)15(14(2,3)4)11-12-9-7-6-8-10-12/h6-10H,5,11H2,1-4H3. The summed E-state index contributed by atoms with van der Waals surface area (Å²) in [6, 6.07) is 10.1. The van der Waals surface area contributed by atoms with Crippen molar-refractivity contribution < 1.29 is 4.79 Å². The number of rotatable bonds is 3. The summed E-state index contributed by atoms with van der Waals surface area (Å²) in [6.45, 7) is 8.82. The highest BCUT2D eigenvalue weighted by Crippen LogP contribution is 2.18. The first-order chi connectivity index (χ1) is 7.45. The molecule has 0 spiro atoms. The Bertz CT molecular complexity index is 338. The monoisotopic (exact) mass is 219 g/mol. The number of amides is 1. The predicted octanol–water partition coefficient (Wildman–Crippen LogP) is 3.22. The molecule has 2 nitrogen and oxygen atoms in total. The van der Waals surface area contributed by atoms with Gasteiger partial charge >= 0.3 is 0 Å². The molecule has 88 valence electrons. The van der Waals surface area contributed by atoms with E-state index in [-0.39, 0.29) is 11.4 Å². The van der Waals surface area contributed by atoms with Gasteiger partial charge in [-0.05, 0) is 26.3 Å². The van der Waals surface area contributed by atoms with Crippen molar-refractivity contribution in [2.45, 2.75) is 46.2 Å². The Morgan fingerprint density at radius 2 is 1.75 bits per heavy atom. The molecule has 1 rings (SSSR count). The van der Waals surface area contributed by atoms with Crippen molar-refractivity contribution in [2.75, 3.05) is 0 Å². The van der Waals surface area contributed by atoms with Gasteiger partial charge in [-0.25, -0.2) is 0 Å². The lowest BCUT2D eigenvalue weighted by Gasteiger charge is -2.35. The van der Waals surface area contributed by atoms with E-state index in [1.807, 2.05) is 30.0 Å². The van der Waals surface area contributed by atoms with Gasteiger partial charge in [-0.1, -0.05) is 37.3 Å². The second-order valence-corrected chi connectivity index (χ2v) is 4.99. The van der Waals surface area contributed by atoms with Gasteiger partial charge in [0.2, 0.25) is 5.91 Å². The van der Waals surface area contributed by atoms with Crippen LogP contribution in [0.2, 0.25) is 0 Å². The lowest BCUT2D eigenvalue weighted by Crippen LogP contribution is -2.44. The molecule has 16 heavy (non-hydrogen) atoms. The van der Waals surface area contributed by atoms with Gasteiger partial charge in [0.05, 0.1) is 0 Å². The number of hydrogen-bond acceptors (Lipinski definition) is 1. The summed E-state index contributed by atoms with van der Waals surface area (Å²) < 4.78 is 0. The summed E-state index contributed by atoms with van der Waals surface area (Å²) in [6.07, 6.45) is 0.560. The smallest absolute Gasteiger partial charge is 0.223 e. The molecule has 0 bridgehead atoms. The van der Waals surface area contributed by atoms with Gasteiger partial charge in [-0.2, -0.15) is 0 Å². The molecule has 0 N–H and O–H groups in total. The average Bonchev–Trinajstić information content (AvgIpc) is 2.25. The molecule has 0 saturated carbocycles. The fourth-order valence-electron chi connectivity index (χ4n) is 1.66. The molecule has 2 heteroatoms. The average molecular weight is 219 g/mol. The van der Waals surface area contributed by atoms with E-state index in [0.717, 1.165) is 0 Å². The van der Waals surface area contributed by atoms with E-state index in [1.54, 1.807) is 0 Å². The molecular weight excluding hydrogens is 198 g/mol. The molecule has 0 atom stereocenters. The number of carbonyl (C=O) groups is 1. The van der Waals surface area contributed by atoms with Crippen LogP contribution < -0.4 is 0 Å². The van der Waals surface area contributed by atoms with E-state index in [9.17, 15) is 4.79 Å². The fourth-order valence-corrected chi connectivity index (χ4v) is 1.66.